The van der Waals surface area contributed by atoms with E-state index in [1.807, 2.05) is 36.6 Å². The van der Waals surface area contributed by atoms with Gasteiger partial charge in [0.15, 0.2) is 0 Å². The summed E-state index contributed by atoms with van der Waals surface area (Å²) in [5, 5.41) is 18.3. The highest BCUT2D eigenvalue weighted by Crippen LogP contribution is 2.25. The van der Waals surface area contributed by atoms with E-state index in [1.165, 1.54) is 0 Å². The van der Waals surface area contributed by atoms with E-state index in [0.29, 0.717) is 13.0 Å². The van der Waals surface area contributed by atoms with Crippen molar-refractivity contribution >= 4 is 22.9 Å². The summed E-state index contributed by atoms with van der Waals surface area (Å²) in [4.78, 5) is 16.5. The molecule has 5 nitrogen and oxygen atoms in total. The Morgan fingerprint density at radius 2 is 2.19 bits per heavy atom. The third-order valence-corrected chi connectivity index (χ3v) is 4.45. The minimum atomic E-state index is -0.434. The monoisotopic (exact) mass is 303 g/mol. The van der Waals surface area contributed by atoms with Gasteiger partial charge in [0.25, 0.3) is 0 Å². The Morgan fingerprint density at radius 1 is 1.43 bits per heavy atom. The molecule has 3 rings (SSSR count). The highest BCUT2D eigenvalue weighted by atomic mass is 32.1. The van der Waals surface area contributed by atoms with Crippen molar-refractivity contribution in [1.82, 2.24) is 10.3 Å². The molecule has 0 radical (unpaired) electrons. The number of carbonyl (C=O) groups excluding carboxylic acids is 1. The number of thiazole rings is 1. The minimum absolute atomic E-state index is 0.107. The molecule has 1 amide bonds. The quantitative estimate of drug-likeness (QED) is 0.808. The zero-order chi connectivity index (χ0) is 14.8. The molecule has 1 aliphatic heterocycles. The summed E-state index contributed by atoms with van der Waals surface area (Å²) in [7, 11) is 0. The molecule has 2 unspecified atom stereocenters. The van der Waals surface area contributed by atoms with Crippen LogP contribution in [0.4, 0.5) is 5.69 Å². The van der Waals surface area contributed by atoms with Crippen molar-refractivity contribution < 1.29 is 9.90 Å². The zero-order valence-corrected chi connectivity index (χ0v) is 12.5. The molecule has 0 saturated carbocycles. The zero-order valence-electron chi connectivity index (χ0n) is 11.7. The van der Waals surface area contributed by atoms with Gasteiger partial charge >= 0.3 is 0 Å². The van der Waals surface area contributed by atoms with Gasteiger partial charge in [0.05, 0.1) is 12.1 Å². The van der Waals surface area contributed by atoms with Gasteiger partial charge in [-0.3, -0.25) is 4.79 Å². The molecule has 0 spiro atoms. The fourth-order valence-corrected chi connectivity index (χ4v) is 3.13. The predicted molar refractivity (Wildman–Crippen MR) is 83.3 cm³/mol. The van der Waals surface area contributed by atoms with E-state index in [-0.39, 0.29) is 11.9 Å². The maximum atomic E-state index is 12.0. The van der Waals surface area contributed by atoms with Gasteiger partial charge in [-0.1, -0.05) is 0 Å². The lowest BCUT2D eigenvalue weighted by Crippen LogP contribution is -2.35. The van der Waals surface area contributed by atoms with Crippen LogP contribution in [-0.4, -0.2) is 34.7 Å². The summed E-state index contributed by atoms with van der Waals surface area (Å²) in [6.07, 6.45) is 0.0266. The number of benzene rings is 1. The topological polar surface area (TPSA) is 74.2 Å². The van der Waals surface area contributed by atoms with Gasteiger partial charge in [-0.05, 0) is 37.6 Å². The van der Waals surface area contributed by atoms with Crippen LogP contribution in [0.5, 0.6) is 0 Å². The fraction of sp³-hybridized carbons (Fsp3) is 0.333. The molecule has 2 atom stereocenters. The molecule has 2 heterocycles. The van der Waals surface area contributed by atoms with Gasteiger partial charge in [-0.15, -0.1) is 11.3 Å². The molecule has 1 saturated heterocycles. The summed E-state index contributed by atoms with van der Waals surface area (Å²) in [5.41, 5.74) is 2.80. The van der Waals surface area contributed by atoms with E-state index in [1.54, 1.807) is 11.3 Å². The first-order chi connectivity index (χ1) is 10.1. The Morgan fingerprint density at radius 3 is 2.76 bits per heavy atom. The number of aliphatic hydroxyl groups excluding tert-OH is 1. The summed E-state index contributed by atoms with van der Waals surface area (Å²) in [6.45, 7) is 2.44. The standard InChI is InChI=1S/C15H17N3O2S/c1-9-8-21-15(17-9)10-2-4-11(5-3-10)18-14(20)13-6-12(19)7-16-13/h2-5,8,12-13,16,19H,6-7H2,1H3,(H,18,20). The Kier molecular flexibility index (Phi) is 4.01. The normalized spacial score (nSPS) is 21.4. The van der Waals surface area contributed by atoms with Crippen molar-refractivity contribution in [3.63, 3.8) is 0 Å². The number of nitrogens with zero attached hydrogens (tertiary/aromatic N) is 1. The first-order valence-corrected chi connectivity index (χ1v) is 7.74. The lowest BCUT2D eigenvalue weighted by Gasteiger charge is -2.11. The smallest absolute Gasteiger partial charge is 0.241 e. The number of nitrogens with one attached hydrogen (secondary N) is 2. The lowest BCUT2D eigenvalue weighted by atomic mass is 10.1. The average molecular weight is 303 g/mol. The van der Waals surface area contributed by atoms with Gasteiger partial charge in [-0.2, -0.15) is 0 Å². The number of hydrogen-bond donors (Lipinski definition) is 3. The van der Waals surface area contributed by atoms with Crippen LogP contribution >= 0.6 is 11.3 Å². The van der Waals surface area contributed by atoms with Gasteiger partial charge in [0.1, 0.15) is 5.01 Å². The summed E-state index contributed by atoms with van der Waals surface area (Å²) < 4.78 is 0. The van der Waals surface area contributed by atoms with Gasteiger partial charge in [-0.25, -0.2) is 4.98 Å². The van der Waals surface area contributed by atoms with Crippen LogP contribution in [-0.2, 0) is 4.79 Å². The van der Waals surface area contributed by atoms with E-state index < -0.39 is 6.10 Å². The van der Waals surface area contributed by atoms with E-state index in [9.17, 15) is 9.90 Å². The number of carbonyl (C=O) groups is 1. The lowest BCUT2D eigenvalue weighted by molar-refractivity contribution is -0.117. The Bertz CT molecular complexity index is 639. The number of hydrogen-bond acceptors (Lipinski definition) is 5. The summed E-state index contributed by atoms with van der Waals surface area (Å²) >= 11 is 1.61. The molecule has 110 valence electrons. The van der Waals surface area contributed by atoms with Crippen molar-refractivity contribution in [2.75, 3.05) is 11.9 Å². The SMILES string of the molecule is Cc1csc(-c2ccc(NC(=O)C3CC(O)CN3)cc2)n1. The predicted octanol–water partition coefficient (Wildman–Crippen LogP) is 1.78. The second-order valence-corrected chi connectivity index (χ2v) is 6.07. The molecule has 21 heavy (non-hydrogen) atoms. The van der Waals surface area contributed by atoms with Crippen molar-refractivity contribution in [3.05, 3.63) is 35.3 Å². The number of amides is 1. The van der Waals surface area contributed by atoms with E-state index in [2.05, 4.69) is 15.6 Å². The largest absolute Gasteiger partial charge is 0.392 e. The number of β-amino-alcohol motifs (C(OH)–C–C–N with tert-alkyl or cyclic N) is 1. The number of aliphatic hydroxyl groups is 1. The molecule has 1 fully saturated rings. The molecule has 1 aliphatic rings. The third-order valence-electron chi connectivity index (χ3n) is 3.44. The third kappa shape index (κ3) is 3.29. The van der Waals surface area contributed by atoms with Crippen LogP contribution < -0.4 is 10.6 Å². The molecule has 2 aromatic rings. The molecule has 6 heteroatoms. The average Bonchev–Trinajstić information content (AvgIpc) is 3.08. The number of aryl methyl sites for hydroxylation is 1. The number of rotatable bonds is 3. The van der Waals surface area contributed by atoms with E-state index in [0.717, 1.165) is 22.0 Å². The Labute approximate surface area is 127 Å². The highest BCUT2D eigenvalue weighted by molar-refractivity contribution is 7.13. The van der Waals surface area contributed by atoms with E-state index >= 15 is 0 Å². The molecular formula is C15H17N3O2S. The number of anilines is 1. The highest BCUT2D eigenvalue weighted by Gasteiger charge is 2.27. The first kappa shape index (κ1) is 14.2. The van der Waals surface area contributed by atoms with Crippen LogP contribution in [0, 0.1) is 6.92 Å². The Balaban J connectivity index is 1.66. The van der Waals surface area contributed by atoms with Crippen molar-refractivity contribution in [3.8, 4) is 10.6 Å². The molecule has 3 N–H and O–H groups in total. The maximum Gasteiger partial charge on any atom is 0.241 e. The van der Waals surface area contributed by atoms with Crippen LogP contribution in [0.2, 0.25) is 0 Å². The fourth-order valence-electron chi connectivity index (χ4n) is 2.33. The maximum absolute atomic E-state index is 12.0. The molecule has 1 aromatic carbocycles. The van der Waals surface area contributed by atoms with Crippen LogP contribution in [0.25, 0.3) is 10.6 Å². The second-order valence-electron chi connectivity index (χ2n) is 5.21. The van der Waals surface area contributed by atoms with Crippen molar-refractivity contribution in [2.24, 2.45) is 0 Å². The van der Waals surface area contributed by atoms with E-state index in [4.69, 9.17) is 0 Å². The summed E-state index contributed by atoms with van der Waals surface area (Å²) in [5.74, 6) is -0.107. The van der Waals surface area contributed by atoms with Gasteiger partial charge < -0.3 is 15.7 Å². The van der Waals surface area contributed by atoms with Crippen LogP contribution in [0.1, 0.15) is 12.1 Å². The molecule has 0 bridgehead atoms. The summed E-state index contributed by atoms with van der Waals surface area (Å²) in [6, 6.07) is 7.32. The Hall–Kier alpha value is -1.76. The van der Waals surface area contributed by atoms with Gasteiger partial charge in [0, 0.05) is 28.9 Å². The van der Waals surface area contributed by atoms with Crippen LogP contribution in [0.3, 0.4) is 0 Å². The van der Waals surface area contributed by atoms with Crippen molar-refractivity contribution in [1.29, 1.82) is 0 Å². The first-order valence-electron chi connectivity index (χ1n) is 6.87. The minimum Gasteiger partial charge on any atom is -0.392 e. The van der Waals surface area contributed by atoms with Crippen molar-refractivity contribution in [2.45, 2.75) is 25.5 Å². The molecule has 0 aliphatic carbocycles. The second kappa shape index (κ2) is 5.93. The van der Waals surface area contributed by atoms with Gasteiger partial charge in [0.2, 0.25) is 5.91 Å². The number of aromatic nitrogens is 1. The molecule has 1 aromatic heterocycles. The van der Waals surface area contributed by atoms with Crippen LogP contribution in [0.15, 0.2) is 29.6 Å². The molecular weight excluding hydrogens is 286 g/mol.